The molecule has 0 aliphatic rings. The standard InChI is InChI=1S/C12H13NS/c1-9-4-2-3-5-11(9)12(13)10-6-7-14-8-10/h2-8,12H,13H2,1H3/t12-/m1/s1. The van der Waals surface area contributed by atoms with E-state index in [-0.39, 0.29) is 6.04 Å². The second kappa shape index (κ2) is 3.95. The topological polar surface area (TPSA) is 26.0 Å². The second-order valence-corrected chi connectivity index (χ2v) is 4.17. The number of benzene rings is 1. The number of thiophene rings is 1. The fourth-order valence-corrected chi connectivity index (χ4v) is 2.26. The van der Waals surface area contributed by atoms with Gasteiger partial charge in [0.1, 0.15) is 0 Å². The van der Waals surface area contributed by atoms with Crippen LogP contribution in [0.1, 0.15) is 22.7 Å². The molecule has 0 radical (unpaired) electrons. The van der Waals surface area contributed by atoms with E-state index in [9.17, 15) is 0 Å². The molecule has 2 aromatic rings. The molecule has 0 unspecified atom stereocenters. The van der Waals surface area contributed by atoms with Gasteiger partial charge in [-0.2, -0.15) is 11.3 Å². The Labute approximate surface area is 88.2 Å². The van der Waals surface area contributed by atoms with E-state index in [1.165, 1.54) is 16.7 Å². The van der Waals surface area contributed by atoms with Gasteiger partial charge >= 0.3 is 0 Å². The number of hydrogen-bond acceptors (Lipinski definition) is 2. The molecule has 2 N–H and O–H groups in total. The van der Waals surface area contributed by atoms with Gasteiger partial charge in [0.2, 0.25) is 0 Å². The summed E-state index contributed by atoms with van der Waals surface area (Å²) >= 11 is 1.69. The van der Waals surface area contributed by atoms with Crippen LogP contribution >= 0.6 is 11.3 Å². The first-order valence-corrected chi connectivity index (χ1v) is 5.56. The van der Waals surface area contributed by atoms with Gasteiger partial charge in [0.25, 0.3) is 0 Å². The van der Waals surface area contributed by atoms with E-state index in [0.717, 1.165) is 0 Å². The zero-order valence-electron chi connectivity index (χ0n) is 8.10. The van der Waals surface area contributed by atoms with Gasteiger partial charge in [-0.05, 0) is 40.4 Å². The predicted octanol–water partition coefficient (Wildman–Crippen LogP) is 3.10. The SMILES string of the molecule is Cc1ccccc1[C@H](N)c1ccsc1. The van der Waals surface area contributed by atoms with Crippen LogP contribution < -0.4 is 5.73 Å². The van der Waals surface area contributed by atoms with Crippen molar-refractivity contribution in [2.24, 2.45) is 5.73 Å². The fourth-order valence-electron chi connectivity index (χ4n) is 1.57. The van der Waals surface area contributed by atoms with Gasteiger partial charge in [-0.1, -0.05) is 24.3 Å². The average molecular weight is 203 g/mol. The Morgan fingerprint density at radius 3 is 2.64 bits per heavy atom. The van der Waals surface area contributed by atoms with E-state index in [4.69, 9.17) is 5.73 Å². The minimum atomic E-state index is 0.0162. The molecule has 0 aliphatic carbocycles. The third-order valence-electron chi connectivity index (χ3n) is 2.43. The third-order valence-corrected chi connectivity index (χ3v) is 3.13. The van der Waals surface area contributed by atoms with Crippen LogP contribution in [-0.4, -0.2) is 0 Å². The first kappa shape index (κ1) is 9.44. The van der Waals surface area contributed by atoms with Crippen LogP contribution in [-0.2, 0) is 0 Å². The molecular formula is C12H13NS. The predicted molar refractivity (Wildman–Crippen MR) is 61.5 cm³/mol. The first-order chi connectivity index (χ1) is 6.79. The second-order valence-electron chi connectivity index (χ2n) is 3.39. The highest BCUT2D eigenvalue weighted by Crippen LogP contribution is 2.23. The molecule has 2 rings (SSSR count). The highest BCUT2D eigenvalue weighted by atomic mass is 32.1. The Balaban J connectivity index is 2.37. The largest absolute Gasteiger partial charge is 0.320 e. The summed E-state index contributed by atoms with van der Waals surface area (Å²) in [6.07, 6.45) is 0. The number of nitrogens with two attached hydrogens (primary N) is 1. The maximum absolute atomic E-state index is 6.17. The van der Waals surface area contributed by atoms with Gasteiger partial charge in [-0.3, -0.25) is 0 Å². The maximum atomic E-state index is 6.17. The molecule has 0 saturated heterocycles. The van der Waals surface area contributed by atoms with Crippen LogP contribution in [0.25, 0.3) is 0 Å². The molecule has 0 spiro atoms. The van der Waals surface area contributed by atoms with Gasteiger partial charge in [-0.15, -0.1) is 0 Å². The Bertz CT molecular complexity index is 406. The van der Waals surface area contributed by atoms with Crippen molar-refractivity contribution in [1.82, 2.24) is 0 Å². The fraction of sp³-hybridized carbons (Fsp3) is 0.167. The van der Waals surface area contributed by atoms with Crippen LogP contribution in [0.4, 0.5) is 0 Å². The molecule has 1 atom stereocenters. The Kier molecular flexibility index (Phi) is 2.66. The van der Waals surface area contributed by atoms with Crippen molar-refractivity contribution in [1.29, 1.82) is 0 Å². The molecular weight excluding hydrogens is 190 g/mol. The quantitative estimate of drug-likeness (QED) is 0.797. The molecule has 1 aromatic carbocycles. The molecule has 72 valence electrons. The molecule has 14 heavy (non-hydrogen) atoms. The van der Waals surface area contributed by atoms with Crippen molar-refractivity contribution in [2.45, 2.75) is 13.0 Å². The third kappa shape index (κ3) is 1.72. The van der Waals surface area contributed by atoms with E-state index in [2.05, 4.69) is 35.9 Å². The molecule has 1 heterocycles. The molecule has 0 saturated carbocycles. The summed E-state index contributed by atoms with van der Waals surface area (Å²) in [6, 6.07) is 10.4. The van der Waals surface area contributed by atoms with Crippen LogP contribution in [0.3, 0.4) is 0 Å². The lowest BCUT2D eigenvalue weighted by Crippen LogP contribution is -2.12. The van der Waals surface area contributed by atoms with E-state index < -0.39 is 0 Å². The summed E-state index contributed by atoms with van der Waals surface area (Å²) in [7, 11) is 0. The van der Waals surface area contributed by atoms with Crippen molar-refractivity contribution in [3.05, 3.63) is 57.8 Å². The van der Waals surface area contributed by atoms with Gasteiger partial charge < -0.3 is 5.73 Å². The maximum Gasteiger partial charge on any atom is 0.0562 e. The van der Waals surface area contributed by atoms with Crippen molar-refractivity contribution < 1.29 is 0 Å². The van der Waals surface area contributed by atoms with Gasteiger partial charge in [-0.25, -0.2) is 0 Å². The zero-order valence-corrected chi connectivity index (χ0v) is 8.92. The Morgan fingerprint density at radius 2 is 2.00 bits per heavy atom. The molecule has 1 aromatic heterocycles. The molecule has 0 aliphatic heterocycles. The smallest absolute Gasteiger partial charge is 0.0562 e. The Hall–Kier alpha value is -1.12. The summed E-state index contributed by atoms with van der Waals surface area (Å²) < 4.78 is 0. The van der Waals surface area contributed by atoms with Crippen LogP contribution in [0.5, 0.6) is 0 Å². The van der Waals surface area contributed by atoms with E-state index in [0.29, 0.717) is 0 Å². The summed E-state index contributed by atoms with van der Waals surface area (Å²) in [6.45, 7) is 2.10. The van der Waals surface area contributed by atoms with Crippen LogP contribution in [0, 0.1) is 6.92 Å². The lowest BCUT2D eigenvalue weighted by Gasteiger charge is -2.12. The van der Waals surface area contributed by atoms with Crippen molar-refractivity contribution in [3.8, 4) is 0 Å². The normalized spacial score (nSPS) is 12.7. The lowest BCUT2D eigenvalue weighted by molar-refractivity contribution is 0.867. The van der Waals surface area contributed by atoms with Gasteiger partial charge in [0.15, 0.2) is 0 Å². The number of aryl methyl sites for hydroxylation is 1. The molecule has 0 amide bonds. The summed E-state index contributed by atoms with van der Waals surface area (Å²) in [4.78, 5) is 0. The number of hydrogen-bond donors (Lipinski definition) is 1. The molecule has 0 bridgehead atoms. The number of rotatable bonds is 2. The first-order valence-electron chi connectivity index (χ1n) is 4.62. The molecule has 0 fully saturated rings. The van der Waals surface area contributed by atoms with E-state index >= 15 is 0 Å². The highest BCUT2D eigenvalue weighted by molar-refractivity contribution is 7.08. The monoisotopic (exact) mass is 203 g/mol. The molecule has 2 heteroatoms. The van der Waals surface area contributed by atoms with Crippen molar-refractivity contribution in [3.63, 3.8) is 0 Å². The van der Waals surface area contributed by atoms with Gasteiger partial charge in [0.05, 0.1) is 6.04 Å². The van der Waals surface area contributed by atoms with E-state index in [1.54, 1.807) is 11.3 Å². The van der Waals surface area contributed by atoms with Crippen LogP contribution in [0.2, 0.25) is 0 Å². The molecule has 1 nitrogen and oxygen atoms in total. The summed E-state index contributed by atoms with van der Waals surface area (Å²) in [5, 5.41) is 4.17. The zero-order chi connectivity index (χ0) is 9.97. The highest BCUT2D eigenvalue weighted by Gasteiger charge is 2.10. The van der Waals surface area contributed by atoms with E-state index in [1.807, 2.05) is 12.1 Å². The lowest BCUT2D eigenvalue weighted by atomic mass is 9.98. The summed E-state index contributed by atoms with van der Waals surface area (Å²) in [5.41, 5.74) is 9.84. The van der Waals surface area contributed by atoms with Gasteiger partial charge in [0, 0.05) is 0 Å². The Morgan fingerprint density at radius 1 is 1.21 bits per heavy atom. The van der Waals surface area contributed by atoms with Crippen LogP contribution in [0.15, 0.2) is 41.1 Å². The summed E-state index contributed by atoms with van der Waals surface area (Å²) in [5.74, 6) is 0. The minimum Gasteiger partial charge on any atom is -0.320 e. The average Bonchev–Trinajstić information content (AvgIpc) is 2.70. The van der Waals surface area contributed by atoms with Crippen molar-refractivity contribution >= 4 is 11.3 Å². The minimum absolute atomic E-state index is 0.0162. The van der Waals surface area contributed by atoms with Crippen molar-refractivity contribution in [2.75, 3.05) is 0 Å².